The van der Waals surface area contributed by atoms with E-state index in [4.69, 9.17) is 26.8 Å². The maximum Gasteiger partial charge on any atom is 0.404 e. The Labute approximate surface area is 166 Å². The molecule has 2 rings (SSSR count). The van der Waals surface area contributed by atoms with Crippen LogP contribution in [0.25, 0.3) is 0 Å². The summed E-state index contributed by atoms with van der Waals surface area (Å²) in [5.74, 6) is -0.0782. The predicted octanol–water partition coefficient (Wildman–Crippen LogP) is 3.35. The number of methoxy groups -OCH3 is 1. The monoisotopic (exact) mass is 411 g/mol. The van der Waals surface area contributed by atoms with Crippen molar-refractivity contribution in [3.63, 3.8) is 0 Å². The van der Waals surface area contributed by atoms with Crippen LogP contribution in [0.3, 0.4) is 0 Å². The molecule has 0 atom stereocenters. The van der Waals surface area contributed by atoms with Crippen molar-refractivity contribution in [2.45, 2.75) is 32.7 Å². The number of nitrogens with zero attached hydrogens (tertiary/aromatic N) is 2. The van der Waals surface area contributed by atoms with E-state index in [9.17, 15) is 9.59 Å². The van der Waals surface area contributed by atoms with Crippen LogP contribution in [0.1, 0.15) is 36.0 Å². The Bertz CT molecular complexity index is 912. The van der Waals surface area contributed by atoms with Crippen LogP contribution in [-0.2, 0) is 16.7 Å². The molecule has 0 saturated carbocycles. The van der Waals surface area contributed by atoms with Crippen molar-refractivity contribution >= 4 is 34.9 Å². The molecule has 2 aromatic rings. The molecule has 1 aromatic heterocycles. The number of ether oxygens (including phenoxy) is 2. The quantitative estimate of drug-likeness (QED) is 0.815. The molecule has 1 heterocycles. The Hall–Kier alpha value is -2.32. The molecule has 27 heavy (non-hydrogen) atoms. The number of primary amides is 1. The van der Waals surface area contributed by atoms with Crippen LogP contribution in [0.4, 0.5) is 4.79 Å². The Balaban J connectivity index is 2.45. The highest BCUT2D eigenvalue weighted by Crippen LogP contribution is 2.25. The molecule has 0 aliphatic heterocycles. The van der Waals surface area contributed by atoms with E-state index < -0.39 is 12.0 Å². The summed E-state index contributed by atoms with van der Waals surface area (Å²) in [6.07, 6.45) is 1.05. The molecule has 0 fully saturated rings. The zero-order chi connectivity index (χ0) is 20.2. The molecule has 146 valence electrons. The van der Waals surface area contributed by atoms with Gasteiger partial charge >= 0.3 is 6.09 Å². The fourth-order valence-corrected chi connectivity index (χ4v) is 3.46. The minimum atomic E-state index is -0.847. The van der Waals surface area contributed by atoms with Gasteiger partial charge in [0, 0.05) is 16.1 Å². The van der Waals surface area contributed by atoms with Crippen molar-refractivity contribution in [2.75, 3.05) is 13.7 Å². The number of nitrogens with two attached hydrogens (primary N) is 1. The molecular weight excluding hydrogens is 390 g/mol. The number of halogens is 1. The highest BCUT2D eigenvalue weighted by molar-refractivity contribution is 7.09. The van der Waals surface area contributed by atoms with Crippen molar-refractivity contribution in [3.05, 3.63) is 44.7 Å². The van der Waals surface area contributed by atoms with Crippen LogP contribution in [0, 0.1) is 0 Å². The van der Waals surface area contributed by atoms with Gasteiger partial charge in [-0.05, 0) is 23.6 Å². The molecule has 0 radical (unpaired) electrons. The Kier molecular flexibility index (Phi) is 6.67. The lowest BCUT2D eigenvalue weighted by Gasteiger charge is -2.14. The molecule has 9 heteroatoms. The lowest BCUT2D eigenvalue weighted by molar-refractivity contribution is 0.0994. The summed E-state index contributed by atoms with van der Waals surface area (Å²) in [5, 5.41) is 0.415. The van der Waals surface area contributed by atoms with Crippen LogP contribution in [0.2, 0.25) is 5.02 Å². The largest absolute Gasteiger partial charge is 0.496 e. The second-order valence-electron chi connectivity index (χ2n) is 6.75. The molecular formula is C18H22ClN3O4S. The number of carbonyl (C=O) groups is 2. The van der Waals surface area contributed by atoms with Gasteiger partial charge in [-0.3, -0.25) is 4.79 Å². The van der Waals surface area contributed by atoms with E-state index >= 15 is 0 Å². The second-order valence-corrected chi connectivity index (χ2v) is 8.20. The highest BCUT2D eigenvalue weighted by Gasteiger charge is 2.19. The number of hydrogen-bond acceptors (Lipinski definition) is 5. The average Bonchev–Trinajstić information content (AvgIpc) is 2.97. The van der Waals surface area contributed by atoms with Gasteiger partial charge in [-0.1, -0.05) is 32.4 Å². The van der Waals surface area contributed by atoms with Gasteiger partial charge in [-0.25, -0.2) is 4.79 Å². The van der Waals surface area contributed by atoms with Crippen LogP contribution in [0.15, 0.2) is 29.4 Å². The SMILES string of the molecule is COc1ccc(Cl)cc1C(=O)N=c1sc(C(C)(C)C)cn1CCOC(N)=O. The summed E-state index contributed by atoms with van der Waals surface area (Å²) in [6.45, 7) is 6.60. The minimum Gasteiger partial charge on any atom is -0.496 e. The predicted molar refractivity (Wildman–Crippen MR) is 104 cm³/mol. The fraction of sp³-hybridized carbons (Fsp3) is 0.389. The minimum absolute atomic E-state index is 0.0809. The highest BCUT2D eigenvalue weighted by atomic mass is 35.5. The van der Waals surface area contributed by atoms with Gasteiger partial charge in [0.1, 0.15) is 12.4 Å². The summed E-state index contributed by atoms with van der Waals surface area (Å²) in [7, 11) is 1.48. The van der Waals surface area contributed by atoms with Crippen LogP contribution in [-0.4, -0.2) is 30.3 Å². The van der Waals surface area contributed by atoms with E-state index in [-0.39, 0.29) is 17.6 Å². The first-order valence-corrected chi connectivity index (χ1v) is 9.37. The second kappa shape index (κ2) is 8.58. The average molecular weight is 412 g/mol. The third-order valence-electron chi connectivity index (χ3n) is 3.62. The summed E-state index contributed by atoms with van der Waals surface area (Å²) in [5.41, 5.74) is 5.15. The first-order valence-electron chi connectivity index (χ1n) is 8.17. The molecule has 2 N–H and O–H groups in total. The number of hydrogen-bond donors (Lipinski definition) is 1. The van der Waals surface area contributed by atoms with E-state index in [2.05, 4.69) is 25.8 Å². The maximum absolute atomic E-state index is 12.7. The first kappa shape index (κ1) is 21.0. The molecule has 0 spiro atoms. The molecule has 7 nitrogen and oxygen atoms in total. The van der Waals surface area contributed by atoms with Crippen molar-refractivity contribution in [3.8, 4) is 5.75 Å². The maximum atomic E-state index is 12.7. The number of amides is 2. The van der Waals surface area contributed by atoms with Crippen molar-refractivity contribution < 1.29 is 19.1 Å². The summed E-state index contributed by atoms with van der Waals surface area (Å²) >= 11 is 7.40. The van der Waals surface area contributed by atoms with E-state index in [0.29, 0.717) is 22.1 Å². The zero-order valence-electron chi connectivity index (χ0n) is 15.6. The number of thiazole rings is 1. The Morgan fingerprint density at radius 3 is 2.63 bits per heavy atom. The number of aromatic nitrogens is 1. The van der Waals surface area contributed by atoms with Gasteiger partial charge in [0.25, 0.3) is 5.91 Å². The molecule has 0 bridgehead atoms. The van der Waals surface area contributed by atoms with Gasteiger partial charge in [0.05, 0.1) is 19.2 Å². The van der Waals surface area contributed by atoms with E-state index in [1.165, 1.54) is 24.5 Å². The van der Waals surface area contributed by atoms with Crippen LogP contribution < -0.4 is 15.3 Å². The smallest absolute Gasteiger partial charge is 0.404 e. The van der Waals surface area contributed by atoms with E-state index in [1.807, 2.05) is 6.20 Å². The zero-order valence-corrected chi connectivity index (χ0v) is 17.2. The van der Waals surface area contributed by atoms with E-state index in [1.54, 1.807) is 16.7 Å². The van der Waals surface area contributed by atoms with E-state index in [0.717, 1.165) is 4.88 Å². The molecule has 0 unspecified atom stereocenters. The summed E-state index contributed by atoms with van der Waals surface area (Å²) in [6, 6.07) is 4.78. The van der Waals surface area contributed by atoms with Gasteiger partial charge in [-0.2, -0.15) is 4.99 Å². The molecule has 1 aromatic carbocycles. The molecule has 2 amide bonds. The number of benzene rings is 1. The molecule has 0 aliphatic carbocycles. The van der Waals surface area contributed by atoms with Crippen molar-refractivity contribution in [2.24, 2.45) is 10.7 Å². The lowest BCUT2D eigenvalue weighted by Crippen LogP contribution is -2.22. The number of carbonyl (C=O) groups excluding carboxylic acids is 2. The Morgan fingerprint density at radius 1 is 1.33 bits per heavy atom. The van der Waals surface area contributed by atoms with Crippen molar-refractivity contribution in [1.29, 1.82) is 0 Å². The topological polar surface area (TPSA) is 95.9 Å². The van der Waals surface area contributed by atoms with Gasteiger partial charge in [0.2, 0.25) is 0 Å². The summed E-state index contributed by atoms with van der Waals surface area (Å²) in [4.78, 5) is 29.3. The Morgan fingerprint density at radius 2 is 2.04 bits per heavy atom. The van der Waals surface area contributed by atoms with Crippen molar-refractivity contribution in [1.82, 2.24) is 4.57 Å². The third kappa shape index (κ3) is 5.58. The number of rotatable bonds is 5. The lowest BCUT2D eigenvalue weighted by atomic mass is 9.95. The van der Waals surface area contributed by atoms with Gasteiger partial charge in [-0.15, -0.1) is 11.3 Å². The molecule has 0 aliphatic rings. The normalized spacial score (nSPS) is 12.1. The standard InChI is InChI=1S/C18H22ClN3O4S/c1-18(2,3)14-10-22(7-8-26-16(20)24)17(27-14)21-15(23)12-9-11(19)5-6-13(12)25-4/h5-6,9-10H,7-8H2,1-4H3,(H2,20,24). The third-order valence-corrected chi connectivity index (χ3v) is 5.31. The first-order chi connectivity index (χ1) is 12.6. The fourth-order valence-electron chi connectivity index (χ4n) is 2.21. The van der Waals surface area contributed by atoms with Gasteiger partial charge < -0.3 is 19.8 Å². The summed E-state index contributed by atoms with van der Waals surface area (Å²) < 4.78 is 11.8. The van der Waals surface area contributed by atoms with Crippen LogP contribution >= 0.6 is 22.9 Å². The van der Waals surface area contributed by atoms with Gasteiger partial charge in [0.15, 0.2) is 4.80 Å². The molecule has 0 saturated heterocycles. The van der Waals surface area contributed by atoms with Crippen LogP contribution in [0.5, 0.6) is 5.75 Å².